The van der Waals surface area contributed by atoms with E-state index in [0.29, 0.717) is 38.6 Å². The second kappa shape index (κ2) is 9.50. The van der Waals surface area contributed by atoms with Crippen molar-refractivity contribution in [1.82, 2.24) is 9.80 Å². The van der Waals surface area contributed by atoms with Gasteiger partial charge in [0.1, 0.15) is 5.75 Å². The average molecular weight is 378 g/mol. The lowest BCUT2D eigenvalue weighted by Crippen LogP contribution is -2.42. The molecule has 2 heterocycles. The number of aliphatic hydroxyl groups is 1. The third-order valence-corrected chi connectivity index (χ3v) is 4.82. The highest BCUT2D eigenvalue weighted by Crippen LogP contribution is 2.19. The summed E-state index contributed by atoms with van der Waals surface area (Å²) in [5.41, 5.74) is 1.14. The van der Waals surface area contributed by atoms with E-state index in [0.717, 1.165) is 18.7 Å². The van der Waals surface area contributed by atoms with Crippen molar-refractivity contribution in [3.05, 3.63) is 29.8 Å². The fourth-order valence-electron chi connectivity index (χ4n) is 3.44. The minimum atomic E-state index is -0.443. The number of aliphatic hydroxyl groups excluding tert-OH is 1. The smallest absolute Gasteiger partial charge is 0.260 e. The molecular formula is C20H30N2O5. The topological polar surface area (TPSA) is 71.5 Å². The number of hydrogen-bond donors (Lipinski definition) is 1. The predicted molar refractivity (Wildman–Crippen MR) is 101 cm³/mol. The summed E-state index contributed by atoms with van der Waals surface area (Å²) in [6.07, 6.45) is -0.457. The monoisotopic (exact) mass is 378 g/mol. The van der Waals surface area contributed by atoms with Crippen LogP contribution in [0.5, 0.6) is 5.75 Å². The molecule has 2 atom stereocenters. The fraction of sp³-hybridized carbons (Fsp3) is 0.650. The maximum atomic E-state index is 12.1. The highest BCUT2D eigenvalue weighted by atomic mass is 16.5. The van der Waals surface area contributed by atoms with Crippen molar-refractivity contribution in [3.8, 4) is 5.75 Å². The minimum absolute atomic E-state index is 0.00961. The Morgan fingerprint density at radius 1 is 1.22 bits per heavy atom. The van der Waals surface area contributed by atoms with E-state index in [-0.39, 0.29) is 24.7 Å². The van der Waals surface area contributed by atoms with Crippen LogP contribution in [0.25, 0.3) is 0 Å². The summed E-state index contributed by atoms with van der Waals surface area (Å²) >= 11 is 0. The quantitative estimate of drug-likeness (QED) is 0.760. The van der Waals surface area contributed by atoms with Crippen molar-refractivity contribution in [2.45, 2.75) is 38.7 Å². The standard InChI is InChI=1S/C20H30N2O5/c1-15(2)27-19-13-21(12-18(19)23)11-16-3-5-17(6-4-16)26-14-20(24)22-7-9-25-10-8-22/h3-6,15,18-19,23H,7-14H2,1-2H3/t18-,19-/m1/s1. The summed E-state index contributed by atoms with van der Waals surface area (Å²) in [6, 6.07) is 7.77. The van der Waals surface area contributed by atoms with E-state index in [2.05, 4.69) is 4.90 Å². The third-order valence-electron chi connectivity index (χ3n) is 4.82. The van der Waals surface area contributed by atoms with Gasteiger partial charge in [-0.25, -0.2) is 0 Å². The number of benzene rings is 1. The molecule has 0 bridgehead atoms. The Morgan fingerprint density at radius 3 is 2.59 bits per heavy atom. The molecule has 1 amide bonds. The molecule has 2 saturated heterocycles. The molecule has 1 aromatic rings. The van der Waals surface area contributed by atoms with Crippen LogP contribution in [0.1, 0.15) is 19.4 Å². The largest absolute Gasteiger partial charge is 0.484 e. The number of β-amino-alcohol motifs (C(OH)–C–C–N with tert-alkyl or cyclic N) is 1. The Labute approximate surface area is 160 Å². The molecular weight excluding hydrogens is 348 g/mol. The van der Waals surface area contributed by atoms with Gasteiger partial charge < -0.3 is 24.2 Å². The first kappa shape index (κ1) is 20.1. The van der Waals surface area contributed by atoms with Crippen molar-refractivity contribution in [2.75, 3.05) is 46.0 Å². The number of amides is 1. The molecule has 2 aliphatic heterocycles. The number of ether oxygens (including phenoxy) is 3. The molecule has 3 rings (SSSR count). The maximum Gasteiger partial charge on any atom is 0.260 e. The molecule has 7 heteroatoms. The number of carbonyl (C=O) groups excluding carboxylic acids is 1. The van der Waals surface area contributed by atoms with Gasteiger partial charge in [-0.05, 0) is 31.5 Å². The molecule has 0 saturated carbocycles. The first-order valence-corrected chi connectivity index (χ1v) is 9.64. The first-order valence-electron chi connectivity index (χ1n) is 9.64. The van der Waals surface area contributed by atoms with Crippen LogP contribution >= 0.6 is 0 Å². The summed E-state index contributed by atoms with van der Waals surface area (Å²) in [7, 11) is 0. The van der Waals surface area contributed by atoms with Gasteiger partial charge in [-0.1, -0.05) is 12.1 Å². The summed E-state index contributed by atoms with van der Waals surface area (Å²) in [4.78, 5) is 16.1. The SMILES string of the molecule is CC(C)O[C@@H]1CN(Cc2ccc(OCC(=O)N3CCOCC3)cc2)C[C@H]1O. The van der Waals surface area contributed by atoms with Crippen LogP contribution in [0.15, 0.2) is 24.3 Å². The van der Waals surface area contributed by atoms with Crippen LogP contribution in [0.3, 0.4) is 0 Å². The lowest BCUT2D eigenvalue weighted by molar-refractivity contribution is -0.137. The number of hydrogen-bond acceptors (Lipinski definition) is 6. The van der Waals surface area contributed by atoms with E-state index in [1.165, 1.54) is 0 Å². The van der Waals surface area contributed by atoms with Crippen LogP contribution in [-0.4, -0.2) is 85.1 Å². The molecule has 0 radical (unpaired) electrons. The molecule has 27 heavy (non-hydrogen) atoms. The fourth-order valence-corrected chi connectivity index (χ4v) is 3.44. The molecule has 1 N–H and O–H groups in total. The number of rotatable bonds is 7. The van der Waals surface area contributed by atoms with Gasteiger partial charge in [0.05, 0.1) is 31.5 Å². The van der Waals surface area contributed by atoms with Gasteiger partial charge in [0.15, 0.2) is 6.61 Å². The van der Waals surface area contributed by atoms with Gasteiger partial charge in [0.2, 0.25) is 0 Å². The maximum absolute atomic E-state index is 12.1. The Kier molecular flexibility index (Phi) is 7.07. The van der Waals surface area contributed by atoms with E-state index in [1.807, 2.05) is 38.1 Å². The van der Waals surface area contributed by atoms with Gasteiger partial charge in [0, 0.05) is 32.7 Å². The Hall–Kier alpha value is -1.67. The van der Waals surface area contributed by atoms with E-state index < -0.39 is 6.10 Å². The number of likely N-dealkylation sites (tertiary alicyclic amines) is 1. The van der Waals surface area contributed by atoms with Crippen molar-refractivity contribution < 1.29 is 24.1 Å². The molecule has 0 spiro atoms. The molecule has 150 valence electrons. The zero-order valence-electron chi connectivity index (χ0n) is 16.2. The minimum Gasteiger partial charge on any atom is -0.484 e. The van der Waals surface area contributed by atoms with Crippen molar-refractivity contribution in [3.63, 3.8) is 0 Å². The van der Waals surface area contributed by atoms with E-state index >= 15 is 0 Å². The number of morpholine rings is 1. The predicted octanol–water partition coefficient (Wildman–Crippen LogP) is 0.894. The second-order valence-electron chi connectivity index (χ2n) is 7.41. The van der Waals surface area contributed by atoms with Crippen LogP contribution in [0.2, 0.25) is 0 Å². The van der Waals surface area contributed by atoms with E-state index in [1.54, 1.807) is 4.90 Å². The summed E-state index contributed by atoms with van der Waals surface area (Å²) < 4.78 is 16.6. The number of nitrogens with zero attached hydrogens (tertiary/aromatic N) is 2. The van der Waals surface area contributed by atoms with Crippen molar-refractivity contribution in [1.29, 1.82) is 0 Å². The van der Waals surface area contributed by atoms with Crippen LogP contribution < -0.4 is 4.74 Å². The summed E-state index contributed by atoms with van der Waals surface area (Å²) in [6.45, 7) is 8.55. The van der Waals surface area contributed by atoms with E-state index in [4.69, 9.17) is 14.2 Å². The van der Waals surface area contributed by atoms with Crippen LogP contribution in [0, 0.1) is 0 Å². The first-order chi connectivity index (χ1) is 13.0. The van der Waals surface area contributed by atoms with Gasteiger partial charge in [-0.2, -0.15) is 0 Å². The molecule has 1 aromatic carbocycles. The number of carbonyl (C=O) groups is 1. The molecule has 2 fully saturated rings. The Bertz CT molecular complexity index is 601. The summed E-state index contributed by atoms with van der Waals surface area (Å²) in [5, 5.41) is 10.1. The van der Waals surface area contributed by atoms with Crippen LogP contribution in [0.4, 0.5) is 0 Å². The Morgan fingerprint density at radius 2 is 1.93 bits per heavy atom. The van der Waals surface area contributed by atoms with Gasteiger partial charge in [0.25, 0.3) is 5.91 Å². The lowest BCUT2D eigenvalue weighted by atomic mass is 10.2. The lowest BCUT2D eigenvalue weighted by Gasteiger charge is -2.26. The second-order valence-corrected chi connectivity index (χ2v) is 7.41. The normalized spacial score (nSPS) is 23.8. The van der Waals surface area contributed by atoms with Crippen LogP contribution in [-0.2, 0) is 20.8 Å². The molecule has 0 aromatic heterocycles. The summed E-state index contributed by atoms with van der Waals surface area (Å²) in [5.74, 6) is 0.674. The third kappa shape index (κ3) is 5.90. The molecule has 7 nitrogen and oxygen atoms in total. The Balaban J connectivity index is 1.44. The molecule has 2 aliphatic rings. The van der Waals surface area contributed by atoms with Gasteiger partial charge in [-0.3, -0.25) is 9.69 Å². The zero-order valence-corrected chi connectivity index (χ0v) is 16.2. The van der Waals surface area contributed by atoms with Gasteiger partial charge >= 0.3 is 0 Å². The molecule has 0 unspecified atom stereocenters. The van der Waals surface area contributed by atoms with Crippen molar-refractivity contribution in [2.24, 2.45) is 0 Å². The highest BCUT2D eigenvalue weighted by Gasteiger charge is 2.32. The zero-order chi connectivity index (χ0) is 19.2. The van der Waals surface area contributed by atoms with Gasteiger partial charge in [-0.15, -0.1) is 0 Å². The highest BCUT2D eigenvalue weighted by molar-refractivity contribution is 5.77. The van der Waals surface area contributed by atoms with Crippen molar-refractivity contribution >= 4 is 5.91 Å². The average Bonchev–Trinajstić information content (AvgIpc) is 3.00. The molecule has 0 aliphatic carbocycles. The van der Waals surface area contributed by atoms with E-state index in [9.17, 15) is 9.90 Å².